The van der Waals surface area contributed by atoms with Gasteiger partial charge in [0.2, 0.25) is 0 Å². The lowest BCUT2D eigenvalue weighted by molar-refractivity contribution is -0.127. The van der Waals surface area contributed by atoms with Gasteiger partial charge in [-0.3, -0.25) is 14.7 Å². The summed E-state index contributed by atoms with van der Waals surface area (Å²) in [6, 6.07) is 23.1. The second-order valence-electron chi connectivity index (χ2n) is 11.1. The third-order valence-electron chi connectivity index (χ3n) is 8.75. The smallest absolute Gasteiger partial charge is 0.274 e. The first-order valence-corrected chi connectivity index (χ1v) is 16.8. The third kappa shape index (κ3) is 5.03. The Hall–Kier alpha value is -4.61. The third-order valence-corrected chi connectivity index (χ3v) is 10.5. The number of methoxy groups -OCH3 is 2. The molecule has 0 bridgehead atoms. The van der Waals surface area contributed by atoms with Crippen molar-refractivity contribution in [3.05, 3.63) is 102 Å². The fourth-order valence-corrected chi connectivity index (χ4v) is 8.19. The van der Waals surface area contributed by atoms with E-state index < -0.39 is 21.5 Å². The lowest BCUT2D eigenvalue weighted by Crippen LogP contribution is -2.60. The number of benzene rings is 3. The van der Waals surface area contributed by atoms with Gasteiger partial charge in [-0.1, -0.05) is 43.3 Å². The van der Waals surface area contributed by atoms with Crippen LogP contribution in [0.4, 0.5) is 11.4 Å². The van der Waals surface area contributed by atoms with Crippen LogP contribution in [-0.4, -0.2) is 71.2 Å². The number of aryl methyl sites for hydroxylation is 1. The number of nitrogens with zero attached hydrogens (tertiary/aromatic N) is 4. The number of piperazine rings is 1. The van der Waals surface area contributed by atoms with E-state index in [1.54, 1.807) is 18.2 Å². The van der Waals surface area contributed by atoms with E-state index in [9.17, 15) is 8.42 Å². The van der Waals surface area contributed by atoms with Crippen molar-refractivity contribution in [3.63, 3.8) is 0 Å². The van der Waals surface area contributed by atoms with E-state index in [2.05, 4.69) is 27.8 Å². The fraction of sp³-hybridized carbons (Fsp3) is 0.314. The summed E-state index contributed by atoms with van der Waals surface area (Å²) in [5, 5.41) is 0. The Morgan fingerprint density at radius 1 is 0.826 bits per heavy atom. The van der Waals surface area contributed by atoms with Crippen LogP contribution in [0.15, 0.2) is 90.0 Å². The Morgan fingerprint density at radius 2 is 1.54 bits per heavy atom. The number of sulfonamides is 1. The van der Waals surface area contributed by atoms with Crippen LogP contribution in [0.25, 0.3) is 0 Å². The highest BCUT2D eigenvalue weighted by Crippen LogP contribution is 2.53. The minimum atomic E-state index is -4.45. The van der Waals surface area contributed by atoms with Crippen molar-refractivity contribution < 1.29 is 27.4 Å². The normalized spacial score (nSPS) is 18.4. The molecule has 240 valence electrons. The summed E-state index contributed by atoms with van der Waals surface area (Å²) in [4.78, 5) is 24.0. The summed E-state index contributed by atoms with van der Waals surface area (Å²) >= 11 is 0. The average molecular weight is 643 g/mol. The largest absolute Gasteiger partial charge is 0.497 e. The monoisotopic (exact) mass is 642 g/mol. The second kappa shape index (κ2) is 12.6. The number of ether oxygens (including phenoxy) is 3. The van der Waals surface area contributed by atoms with Gasteiger partial charge in [-0.2, -0.15) is 0 Å². The molecule has 4 aromatic rings. The van der Waals surface area contributed by atoms with Crippen LogP contribution in [-0.2, 0) is 26.8 Å². The zero-order valence-electron chi connectivity index (χ0n) is 26.5. The zero-order chi connectivity index (χ0) is 32.5. The van der Waals surface area contributed by atoms with Crippen molar-refractivity contribution in [2.24, 2.45) is 0 Å². The number of pyridine rings is 1. The van der Waals surface area contributed by atoms with Crippen LogP contribution in [0.5, 0.6) is 17.2 Å². The Morgan fingerprint density at radius 3 is 2.24 bits per heavy atom. The molecule has 2 aliphatic heterocycles. The van der Waals surface area contributed by atoms with E-state index in [4.69, 9.17) is 14.2 Å². The first-order valence-electron chi connectivity index (χ1n) is 15.4. The molecule has 1 atom stereocenters. The van der Waals surface area contributed by atoms with Crippen LogP contribution in [0.1, 0.15) is 30.7 Å². The number of fused-ring (bicyclic) bond motifs is 1. The fourth-order valence-electron chi connectivity index (χ4n) is 6.59. The summed E-state index contributed by atoms with van der Waals surface area (Å²) in [5.41, 5.74) is 2.07. The molecule has 0 radical (unpaired) electrons. The Bertz CT molecular complexity index is 1860. The molecule has 46 heavy (non-hydrogen) atoms. The van der Waals surface area contributed by atoms with Crippen LogP contribution < -0.4 is 23.4 Å². The number of amides is 1. The van der Waals surface area contributed by atoms with Crippen molar-refractivity contribution in [2.75, 3.05) is 56.2 Å². The number of carbonyl (C=O) groups excluding carboxylic acids is 1. The van der Waals surface area contributed by atoms with E-state index in [0.717, 1.165) is 22.1 Å². The van der Waals surface area contributed by atoms with Gasteiger partial charge in [0.15, 0.2) is 5.54 Å². The second-order valence-corrected chi connectivity index (χ2v) is 12.8. The minimum absolute atomic E-state index is 0.0780. The molecule has 1 fully saturated rings. The highest BCUT2D eigenvalue weighted by atomic mass is 32.2. The van der Waals surface area contributed by atoms with Crippen LogP contribution in [0.3, 0.4) is 0 Å². The standard InChI is InChI=1S/C35H38N4O6S/c1-5-25-23-26(17-18-36-25)37-19-21-38(22-20-37)35(29-12-8-10-14-31(29)45-6-2)28-11-7-9-13-30(28)39(34(35)40)46(41,42)33-16-15-27(43-3)24-32(33)44-4/h7-18,23-24H,5-6,19-22H2,1-4H3. The van der Waals surface area contributed by atoms with Gasteiger partial charge in [0.05, 0.1) is 26.5 Å². The molecule has 1 aromatic heterocycles. The molecule has 11 heteroatoms. The SMILES string of the molecule is CCOc1ccccc1C1(N2CCN(c3ccnc(CC)c3)CC2)C(=O)N(S(=O)(=O)c2ccc(OC)cc2OC)c2ccccc21. The number of aromatic nitrogens is 1. The maximum atomic E-state index is 15.3. The summed E-state index contributed by atoms with van der Waals surface area (Å²) in [5.74, 6) is 0.444. The van der Waals surface area contributed by atoms with Gasteiger partial charge in [0, 0.05) is 61.0 Å². The van der Waals surface area contributed by atoms with Crippen molar-refractivity contribution in [3.8, 4) is 17.2 Å². The number of carbonyl (C=O) groups is 1. The Balaban J connectivity index is 1.51. The van der Waals surface area contributed by atoms with E-state index >= 15 is 4.79 Å². The lowest BCUT2D eigenvalue weighted by atomic mass is 9.81. The first-order chi connectivity index (χ1) is 22.3. The van der Waals surface area contributed by atoms with Gasteiger partial charge in [-0.05, 0) is 49.7 Å². The number of para-hydroxylation sites is 2. The van der Waals surface area contributed by atoms with Crippen LogP contribution in [0, 0.1) is 0 Å². The molecule has 1 amide bonds. The van der Waals surface area contributed by atoms with Gasteiger partial charge in [-0.25, -0.2) is 12.7 Å². The molecule has 0 spiro atoms. The van der Waals surface area contributed by atoms with Gasteiger partial charge >= 0.3 is 0 Å². The average Bonchev–Trinajstić information content (AvgIpc) is 3.37. The molecule has 3 heterocycles. The number of hydrogen-bond acceptors (Lipinski definition) is 9. The van der Waals surface area contributed by atoms with Crippen LogP contribution in [0.2, 0.25) is 0 Å². The highest BCUT2D eigenvalue weighted by Gasteiger charge is 2.60. The van der Waals surface area contributed by atoms with E-state index in [1.165, 1.54) is 26.4 Å². The summed E-state index contributed by atoms with van der Waals surface area (Å²) < 4.78 is 47.1. The molecule has 2 aliphatic rings. The van der Waals surface area contributed by atoms with Crippen LogP contribution >= 0.6 is 0 Å². The molecule has 1 saturated heterocycles. The molecule has 1 unspecified atom stereocenters. The molecular weight excluding hydrogens is 604 g/mol. The van der Waals surface area contributed by atoms with E-state index in [1.807, 2.05) is 55.6 Å². The van der Waals surface area contributed by atoms with Gasteiger partial charge in [0.25, 0.3) is 15.9 Å². The number of hydrogen-bond donors (Lipinski definition) is 0. The van der Waals surface area contributed by atoms with Crippen molar-refractivity contribution in [1.82, 2.24) is 9.88 Å². The molecule has 0 aliphatic carbocycles. The van der Waals surface area contributed by atoms with Crippen molar-refractivity contribution >= 4 is 27.3 Å². The number of rotatable bonds is 10. The topological polar surface area (TPSA) is 102 Å². The minimum Gasteiger partial charge on any atom is -0.497 e. The van der Waals surface area contributed by atoms with Gasteiger partial charge in [-0.15, -0.1) is 0 Å². The molecule has 10 nitrogen and oxygen atoms in total. The lowest BCUT2D eigenvalue weighted by Gasteiger charge is -2.46. The van der Waals surface area contributed by atoms with Gasteiger partial charge < -0.3 is 19.1 Å². The quantitative estimate of drug-likeness (QED) is 0.240. The zero-order valence-corrected chi connectivity index (χ0v) is 27.3. The summed E-state index contributed by atoms with van der Waals surface area (Å²) in [6.07, 6.45) is 2.66. The molecule has 0 saturated carbocycles. The molecule has 3 aromatic carbocycles. The predicted molar refractivity (Wildman–Crippen MR) is 176 cm³/mol. The highest BCUT2D eigenvalue weighted by molar-refractivity contribution is 7.93. The molecule has 6 rings (SSSR count). The predicted octanol–water partition coefficient (Wildman–Crippen LogP) is 4.86. The maximum Gasteiger partial charge on any atom is 0.274 e. The molecular formula is C35H38N4O6S. The molecule has 0 N–H and O–H groups in total. The Kier molecular flexibility index (Phi) is 8.63. The number of anilines is 2. The van der Waals surface area contributed by atoms with E-state index in [-0.39, 0.29) is 10.6 Å². The van der Waals surface area contributed by atoms with Crippen molar-refractivity contribution in [2.45, 2.75) is 30.7 Å². The first kappa shape index (κ1) is 31.4. The maximum absolute atomic E-state index is 15.3. The van der Waals surface area contributed by atoms with Crippen molar-refractivity contribution in [1.29, 1.82) is 0 Å². The Labute approximate surface area is 270 Å². The van der Waals surface area contributed by atoms with E-state index in [0.29, 0.717) is 61.1 Å². The summed E-state index contributed by atoms with van der Waals surface area (Å²) in [7, 11) is -1.57. The van der Waals surface area contributed by atoms with Gasteiger partial charge in [0.1, 0.15) is 22.1 Å². The summed E-state index contributed by atoms with van der Waals surface area (Å²) in [6.45, 7) is 6.57.